The number of hydrogen-bond donors (Lipinski definition) is 0. The fraction of sp³-hybridized carbons (Fsp3) is 0.500. The average molecular weight is 350 g/mol. The van der Waals surface area contributed by atoms with Gasteiger partial charge < -0.3 is 0 Å². The van der Waals surface area contributed by atoms with Crippen molar-refractivity contribution in [2.24, 2.45) is 7.05 Å². The van der Waals surface area contributed by atoms with E-state index in [1.54, 1.807) is 23.7 Å². The predicted octanol–water partition coefficient (Wildman–Crippen LogP) is 0.952. The van der Waals surface area contributed by atoms with Crippen LogP contribution in [0.4, 0.5) is 0 Å². The highest BCUT2D eigenvalue weighted by molar-refractivity contribution is 7.89. The Balaban J connectivity index is 1.85. The number of benzene rings is 1. The lowest BCUT2D eigenvalue weighted by Crippen LogP contribution is -2.35. The molecule has 3 rings (SSSR count). The molecule has 2 heterocycles. The van der Waals surface area contributed by atoms with Gasteiger partial charge in [-0.1, -0.05) is 26.0 Å². The summed E-state index contributed by atoms with van der Waals surface area (Å²) in [6.45, 7) is 5.06. The molecule has 0 N–H and O–H groups in total. The minimum Gasteiger partial charge on any atom is -0.278 e. The number of rotatable bonds is 3. The summed E-state index contributed by atoms with van der Waals surface area (Å²) in [6.07, 6.45) is 0.430. The Morgan fingerprint density at radius 1 is 1.08 bits per heavy atom. The van der Waals surface area contributed by atoms with Gasteiger partial charge in [-0.25, -0.2) is 17.9 Å². The summed E-state index contributed by atoms with van der Waals surface area (Å²) in [5, 5.41) is 4.18. The maximum Gasteiger partial charge on any atom is 0.345 e. The quantitative estimate of drug-likeness (QED) is 0.826. The van der Waals surface area contributed by atoms with Crippen LogP contribution < -0.4 is 5.69 Å². The van der Waals surface area contributed by atoms with Crippen molar-refractivity contribution < 1.29 is 8.42 Å². The van der Waals surface area contributed by atoms with Crippen molar-refractivity contribution >= 4 is 10.0 Å². The maximum absolute atomic E-state index is 12.9. The van der Waals surface area contributed by atoms with Crippen LogP contribution in [0.25, 0.3) is 0 Å². The third-order valence-electron chi connectivity index (χ3n) is 4.43. The van der Waals surface area contributed by atoms with Gasteiger partial charge in [-0.05, 0) is 23.6 Å². The lowest BCUT2D eigenvalue weighted by Gasteiger charge is -2.20. The number of hydrogen-bond acceptors (Lipinski definition) is 4. The first kappa shape index (κ1) is 16.9. The summed E-state index contributed by atoms with van der Waals surface area (Å²) in [5.74, 6) is 0.989. The fourth-order valence-electron chi connectivity index (χ4n) is 2.93. The van der Waals surface area contributed by atoms with E-state index in [1.807, 2.05) is 12.1 Å². The molecule has 24 heavy (non-hydrogen) atoms. The summed E-state index contributed by atoms with van der Waals surface area (Å²) in [7, 11) is -1.96. The van der Waals surface area contributed by atoms with Gasteiger partial charge in [0, 0.05) is 33.1 Å². The zero-order valence-electron chi connectivity index (χ0n) is 14.1. The molecule has 0 amide bonds. The molecule has 2 aromatic rings. The first-order chi connectivity index (χ1) is 11.3. The first-order valence-corrected chi connectivity index (χ1v) is 9.47. The second-order valence-electron chi connectivity index (χ2n) is 6.35. The average Bonchev–Trinajstić information content (AvgIpc) is 2.72. The summed E-state index contributed by atoms with van der Waals surface area (Å²) in [6, 6.07) is 7.03. The third kappa shape index (κ3) is 2.91. The molecule has 0 atom stereocenters. The first-order valence-electron chi connectivity index (χ1n) is 8.03. The molecule has 0 unspecified atom stereocenters. The van der Waals surface area contributed by atoms with Crippen LogP contribution in [-0.4, -0.2) is 40.2 Å². The molecule has 0 saturated carbocycles. The molecule has 0 saturated heterocycles. The van der Waals surface area contributed by atoms with Gasteiger partial charge in [-0.3, -0.25) is 4.57 Å². The standard InChI is InChI=1S/C16H22N4O3S/c1-12(2)13-4-6-14(7-5-13)24(22,23)19-9-8-15-17-18(3)16(21)20(15)11-10-19/h4-7,12H,8-11H2,1-3H3. The van der Waals surface area contributed by atoms with Crippen molar-refractivity contribution in [3.8, 4) is 0 Å². The molecule has 0 radical (unpaired) electrons. The summed E-state index contributed by atoms with van der Waals surface area (Å²) < 4.78 is 30.0. The van der Waals surface area contributed by atoms with E-state index in [0.29, 0.717) is 36.1 Å². The van der Waals surface area contributed by atoms with Crippen molar-refractivity contribution in [2.45, 2.75) is 37.6 Å². The van der Waals surface area contributed by atoms with E-state index in [2.05, 4.69) is 18.9 Å². The molecule has 0 bridgehead atoms. The number of aromatic nitrogens is 3. The highest BCUT2D eigenvalue weighted by Crippen LogP contribution is 2.21. The van der Waals surface area contributed by atoms with Crippen LogP contribution >= 0.6 is 0 Å². The number of aryl methyl sites for hydroxylation is 1. The Bertz CT molecular complexity index is 894. The van der Waals surface area contributed by atoms with Crippen LogP contribution in [0.1, 0.15) is 31.2 Å². The molecule has 0 spiro atoms. The summed E-state index contributed by atoms with van der Waals surface area (Å²) in [5.41, 5.74) is 0.902. The maximum atomic E-state index is 12.9. The van der Waals surface area contributed by atoms with Crippen LogP contribution in [0.5, 0.6) is 0 Å². The smallest absolute Gasteiger partial charge is 0.278 e. The lowest BCUT2D eigenvalue weighted by atomic mass is 10.0. The Labute approximate surface area is 141 Å². The van der Waals surface area contributed by atoms with Gasteiger partial charge in [0.15, 0.2) is 0 Å². The van der Waals surface area contributed by atoms with Crippen molar-refractivity contribution in [2.75, 3.05) is 13.1 Å². The van der Waals surface area contributed by atoms with Crippen LogP contribution in [0.3, 0.4) is 0 Å². The molecule has 8 heteroatoms. The van der Waals surface area contributed by atoms with E-state index >= 15 is 0 Å². The van der Waals surface area contributed by atoms with Crippen LogP contribution in [0.15, 0.2) is 34.0 Å². The molecule has 1 aliphatic heterocycles. The molecule has 7 nitrogen and oxygen atoms in total. The zero-order chi connectivity index (χ0) is 17.5. The van der Waals surface area contributed by atoms with Crippen LogP contribution in [0, 0.1) is 0 Å². The zero-order valence-corrected chi connectivity index (χ0v) is 15.0. The van der Waals surface area contributed by atoms with E-state index < -0.39 is 10.0 Å². The highest BCUT2D eigenvalue weighted by Gasteiger charge is 2.28. The van der Waals surface area contributed by atoms with E-state index in [9.17, 15) is 13.2 Å². The van der Waals surface area contributed by atoms with Gasteiger partial charge >= 0.3 is 5.69 Å². The number of sulfonamides is 1. The molecule has 1 aromatic heterocycles. The Morgan fingerprint density at radius 3 is 2.38 bits per heavy atom. The van der Waals surface area contributed by atoms with Crippen LogP contribution in [-0.2, 0) is 30.0 Å². The second-order valence-corrected chi connectivity index (χ2v) is 8.29. The third-order valence-corrected chi connectivity index (χ3v) is 6.34. The highest BCUT2D eigenvalue weighted by atomic mass is 32.2. The number of nitrogens with zero attached hydrogens (tertiary/aromatic N) is 4. The van der Waals surface area contributed by atoms with Gasteiger partial charge in [0.2, 0.25) is 10.0 Å². The van der Waals surface area contributed by atoms with E-state index in [-0.39, 0.29) is 12.2 Å². The predicted molar refractivity (Wildman–Crippen MR) is 90.5 cm³/mol. The summed E-state index contributed by atoms with van der Waals surface area (Å²) in [4.78, 5) is 12.3. The largest absolute Gasteiger partial charge is 0.345 e. The minimum absolute atomic E-state index is 0.203. The molecule has 1 aliphatic rings. The molecular formula is C16H22N4O3S. The van der Waals surface area contributed by atoms with Gasteiger partial charge in [0.05, 0.1) is 4.90 Å². The molecule has 130 valence electrons. The van der Waals surface area contributed by atoms with Crippen LogP contribution in [0.2, 0.25) is 0 Å². The topological polar surface area (TPSA) is 77.2 Å². The number of fused-ring (bicyclic) bond motifs is 1. The molecular weight excluding hydrogens is 328 g/mol. The van der Waals surface area contributed by atoms with Crippen molar-refractivity contribution in [1.82, 2.24) is 18.7 Å². The van der Waals surface area contributed by atoms with Gasteiger partial charge in [0.1, 0.15) is 5.82 Å². The van der Waals surface area contributed by atoms with Gasteiger partial charge in [0.25, 0.3) is 0 Å². The van der Waals surface area contributed by atoms with E-state index in [4.69, 9.17) is 0 Å². The molecule has 1 aromatic carbocycles. The van der Waals surface area contributed by atoms with Gasteiger partial charge in [-0.15, -0.1) is 0 Å². The fourth-order valence-corrected chi connectivity index (χ4v) is 4.36. The van der Waals surface area contributed by atoms with Crippen molar-refractivity contribution in [3.63, 3.8) is 0 Å². The minimum atomic E-state index is -3.56. The second kappa shape index (κ2) is 6.18. The van der Waals surface area contributed by atoms with E-state index in [0.717, 1.165) is 5.56 Å². The van der Waals surface area contributed by atoms with Gasteiger partial charge in [-0.2, -0.15) is 9.40 Å². The molecule has 0 aliphatic carbocycles. The lowest BCUT2D eigenvalue weighted by molar-refractivity contribution is 0.411. The molecule has 0 fully saturated rings. The van der Waals surface area contributed by atoms with E-state index in [1.165, 1.54) is 8.99 Å². The Hall–Kier alpha value is -1.93. The SMILES string of the molecule is CC(C)c1ccc(S(=O)(=O)N2CCc3nn(C)c(=O)n3CC2)cc1. The normalized spacial score (nSPS) is 16.2. The Morgan fingerprint density at radius 2 is 1.75 bits per heavy atom. The van der Waals surface area contributed by atoms with Crippen molar-refractivity contribution in [3.05, 3.63) is 46.1 Å². The Kier molecular flexibility index (Phi) is 4.35. The monoisotopic (exact) mass is 350 g/mol. The van der Waals surface area contributed by atoms with Crippen molar-refractivity contribution in [1.29, 1.82) is 0 Å². The summed E-state index contributed by atoms with van der Waals surface area (Å²) >= 11 is 0.